The van der Waals surface area contributed by atoms with Gasteiger partial charge in [-0.25, -0.2) is 4.68 Å². The summed E-state index contributed by atoms with van der Waals surface area (Å²) in [6.45, 7) is 5.27. The summed E-state index contributed by atoms with van der Waals surface area (Å²) in [4.78, 5) is 23.4. The smallest absolute Gasteiger partial charge is 0.315 e. The van der Waals surface area contributed by atoms with Crippen LogP contribution < -0.4 is 10.1 Å². The quantitative estimate of drug-likeness (QED) is 0.555. The lowest BCUT2D eigenvalue weighted by molar-refractivity contribution is -0.133. The molecule has 2 aromatic carbocycles. The number of carbonyl (C=O) groups is 2. The lowest BCUT2D eigenvalue weighted by Crippen LogP contribution is -2.12. The molecule has 1 N–H and O–H groups in total. The Kier molecular flexibility index (Phi) is 5.35. The first-order chi connectivity index (χ1) is 12.9. The van der Waals surface area contributed by atoms with E-state index in [1.807, 2.05) is 48.9 Å². The Morgan fingerprint density at radius 1 is 1.04 bits per heavy atom. The number of aromatic nitrogens is 2. The molecule has 3 rings (SSSR count). The second kappa shape index (κ2) is 7.86. The van der Waals surface area contributed by atoms with Crippen molar-refractivity contribution in [2.24, 2.45) is 0 Å². The van der Waals surface area contributed by atoms with Gasteiger partial charge in [-0.15, -0.1) is 0 Å². The number of aryl methyl sites for hydroxylation is 1. The van der Waals surface area contributed by atoms with Crippen LogP contribution in [0.25, 0.3) is 5.69 Å². The summed E-state index contributed by atoms with van der Waals surface area (Å²) in [7, 11) is 0. The van der Waals surface area contributed by atoms with Crippen LogP contribution in [0.3, 0.4) is 0 Å². The normalized spacial score (nSPS) is 10.5. The molecular weight excluding hydrogens is 342 g/mol. The van der Waals surface area contributed by atoms with Crippen LogP contribution in [0.1, 0.15) is 23.9 Å². The molecule has 3 aromatic rings. The van der Waals surface area contributed by atoms with Crippen molar-refractivity contribution in [1.29, 1.82) is 0 Å². The number of hydrogen-bond acceptors (Lipinski definition) is 4. The van der Waals surface area contributed by atoms with Crippen LogP contribution in [0.5, 0.6) is 5.75 Å². The van der Waals surface area contributed by atoms with Gasteiger partial charge in [-0.2, -0.15) is 5.10 Å². The van der Waals surface area contributed by atoms with Crippen molar-refractivity contribution in [2.45, 2.75) is 27.2 Å². The summed E-state index contributed by atoms with van der Waals surface area (Å²) in [5.74, 6) is -0.0814. The van der Waals surface area contributed by atoms with E-state index in [1.165, 1.54) is 6.92 Å². The van der Waals surface area contributed by atoms with Gasteiger partial charge >= 0.3 is 5.97 Å². The Balaban J connectivity index is 1.71. The molecule has 0 saturated heterocycles. The van der Waals surface area contributed by atoms with Crippen LogP contribution in [0.4, 0.5) is 5.69 Å². The van der Waals surface area contributed by atoms with Crippen molar-refractivity contribution in [3.8, 4) is 11.4 Å². The topological polar surface area (TPSA) is 73.2 Å². The van der Waals surface area contributed by atoms with Gasteiger partial charge in [0.15, 0.2) is 0 Å². The molecule has 0 atom stereocenters. The highest BCUT2D eigenvalue weighted by atomic mass is 16.5. The van der Waals surface area contributed by atoms with E-state index >= 15 is 0 Å². The number of hydrogen-bond donors (Lipinski definition) is 1. The summed E-state index contributed by atoms with van der Waals surface area (Å²) in [5.41, 5.74) is 4.18. The highest BCUT2D eigenvalue weighted by Crippen LogP contribution is 2.20. The van der Waals surface area contributed by atoms with Gasteiger partial charge in [0.2, 0.25) is 5.91 Å². The fourth-order valence-corrected chi connectivity index (χ4v) is 2.87. The number of nitrogens with one attached hydrogen (secondary N) is 1. The van der Waals surface area contributed by atoms with E-state index in [0.717, 1.165) is 22.6 Å². The van der Waals surface area contributed by atoms with Crippen LogP contribution in [-0.2, 0) is 16.0 Å². The number of anilines is 1. The highest BCUT2D eigenvalue weighted by Gasteiger charge is 2.17. The van der Waals surface area contributed by atoms with Crippen molar-refractivity contribution in [3.05, 3.63) is 71.5 Å². The van der Waals surface area contributed by atoms with Crippen LogP contribution >= 0.6 is 0 Å². The number of amides is 1. The molecule has 1 amide bonds. The van der Waals surface area contributed by atoms with Crippen molar-refractivity contribution >= 4 is 17.6 Å². The molecule has 0 bridgehead atoms. The number of esters is 1. The van der Waals surface area contributed by atoms with Crippen molar-refractivity contribution in [3.63, 3.8) is 0 Å². The number of carbonyl (C=O) groups excluding carboxylic acids is 2. The third kappa shape index (κ3) is 4.41. The van der Waals surface area contributed by atoms with E-state index in [2.05, 4.69) is 10.4 Å². The van der Waals surface area contributed by atoms with E-state index in [-0.39, 0.29) is 18.3 Å². The monoisotopic (exact) mass is 363 g/mol. The second-order valence-electron chi connectivity index (χ2n) is 6.25. The third-order valence-corrected chi connectivity index (χ3v) is 4.17. The maximum absolute atomic E-state index is 12.4. The molecule has 0 aliphatic heterocycles. The maximum atomic E-state index is 12.4. The molecule has 27 heavy (non-hydrogen) atoms. The maximum Gasteiger partial charge on any atom is 0.315 e. The summed E-state index contributed by atoms with van der Waals surface area (Å²) >= 11 is 0. The van der Waals surface area contributed by atoms with Crippen molar-refractivity contribution in [1.82, 2.24) is 9.78 Å². The molecule has 0 unspecified atom stereocenters. The number of para-hydroxylation sites is 1. The van der Waals surface area contributed by atoms with E-state index in [4.69, 9.17) is 4.74 Å². The second-order valence-corrected chi connectivity index (χ2v) is 6.25. The summed E-state index contributed by atoms with van der Waals surface area (Å²) in [6, 6.07) is 16.5. The molecule has 1 heterocycles. The summed E-state index contributed by atoms with van der Waals surface area (Å²) in [5, 5.41) is 7.22. The molecule has 0 radical (unpaired) electrons. The van der Waals surface area contributed by atoms with E-state index in [0.29, 0.717) is 11.4 Å². The fourth-order valence-electron chi connectivity index (χ4n) is 2.87. The average molecular weight is 363 g/mol. The zero-order valence-electron chi connectivity index (χ0n) is 15.5. The van der Waals surface area contributed by atoms with Gasteiger partial charge in [-0.1, -0.05) is 18.2 Å². The highest BCUT2D eigenvalue weighted by molar-refractivity contribution is 5.88. The van der Waals surface area contributed by atoms with Crippen molar-refractivity contribution in [2.75, 3.05) is 5.32 Å². The summed E-state index contributed by atoms with van der Waals surface area (Å²) in [6.07, 6.45) is 0.137. The van der Waals surface area contributed by atoms with Crippen LogP contribution in [-0.4, -0.2) is 21.7 Å². The van der Waals surface area contributed by atoms with Gasteiger partial charge < -0.3 is 10.1 Å². The average Bonchev–Trinajstić information content (AvgIpc) is 2.92. The summed E-state index contributed by atoms with van der Waals surface area (Å²) < 4.78 is 7.25. The zero-order chi connectivity index (χ0) is 19.4. The zero-order valence-corrected chi connectivity index (χ0v) is 15.5. The number of rotatable bonds is 5. The molecule has 6 heteroatoms. The van der Waals surface area contributed by atoms with Crippen LogP contribution in [0.15, 0.2) is 54.6 Å². The molecule has 6 nitrogen and oxygen atoms in total. The van der Waals surface area contributed by atoms with Crippen LogP contribution in [0.2, 0.25) is 0 Å². The van der Waals surface area contributed by atoms with E-state index in [1.54, 1.807) is 24.3 Å². The lowest BCUT2D eigenvalue weighted by atomic mass is 10.1. The first-order valence-electron chi connectivity index (χ1n) is 8.63. The molecule has 138 valence electrons. The molecule has 1 aromatic heterocycles. The fraction of sp³-hybridized carbons (Fsp3) is 0.190. The molecule has 0 aliphatic carbocycles. The largest absolute Gasteiger partial charge is 0.426 e. The molecule has 0 fully saturated rings. The lowest BCUT2D eigenvalue weighted by Gasteiger charge is -2.07. The number of benzene rings is 2. The SMILES string of the molecule is CC(=O)Nc1ccc(OC(=O)Cc2c(C)nn(-c3ccccc3)c2C)cc1. The molecular formula is C21H21N3O3. The van der Waals surface area contributed by atoms with Gasteiger partial charge in [0.1, 0.15) is 5.75 Å². The van der Waals surface area contributed by atoms with Gasteiger partial charge in [0, 0.05) is 23.9 Å². The molecule has 0 spiro atoms. The predicted molar refractivity (Wildman–Crippen MR) is 103 cm³/mol. The Hall–Kier alpha value is -3.41. The molecule has 0 saturated carbocycles. The number of nitrogens with zero attached hydrogens (tertiary/aromatic N) is 2. The third-order valence-electron chi connectivity index (χ3n) is 4.17. The van der Waals surface area contributed by atoms with Crippen molar-refractivity contribution < 1.29 is 14.3 Å². The standard InChI is InChI=1S/C21H21N3O3/c1-14-20(15(2)24(23-14)18-7-5-4-6-8-18)13-21(26)27-19-11-9-17(10-12-19)22-16(3)25/h4-12H,13H2,1-3H3,(H,22,25). The van der Waals surface area contributed by atoms with Gasteiger partial charge in [-0.05, 0) is 50.2 Å². The number of ether oxygens (including phenoxy) is 1. The van der Waals surface area contributed by atoms with Crippen LogP contribution in [0, 0.1) is 13.8 Å². The van der Waals surface area contributed by atoms with E-state index < -0.39 is 0 Å². The minimum Gasteiger partial charge on any atom is -0.426 e. The predicted octanol–water partition coefficient (Wildman–Crippen LogP) is 3.60. The minimum absolute atomic E-state index is 0.137. The first kappa shape index (κ1) is 18.4. The Labute approximate surface area is 157 Å². The Morgan fingerprint density at radius 2 is 1.70 bits per heavy atom. The minimum atomic E-state index is -0.360. The Morgan fingerprint density at radius 3 is 2.33 bits per heavy atom. The molecule has 0 aliphatic rings. The van der Waals surface area contributed by atoms with E-state index in [9.17, 15) is 9.59 Å². The first-order valence-corrected chi connectivity index (χ1v) is 8.63. The van der Waals surface area contributed by atoms with Gasteiger partial charge in [0.05, 0.1) is 17.8 Å². The van der Waals surface area contributed by atoms with Gasteiger partial charge in [-0.3, -0.25) is 9.59 Å². The van der Waals surface area contributed by atoms with Gasteiger partial charge in [0.25, 0.3) is 0 Å². The Bertz CT molecular complexity index is 960.